The number of rotatable bonds is 4. The van der Waals surface area contributed by atoms with E-state index in [0.29, 0.717) is 13.1 Å². The van der Waals surface area contributed by atoms with Crippen molar-refractivity contribution < 1.29 is 9.53 Å². The lowest BCUT2D eigenvalue weighted by atomic mass is 9.87. The number of methoxy groups -OCH3 is 1. The molecule has 1 aliphatic carbocycles. The number of H-pyrrole nitrogens is 1. The number of carbonyl (C=O) groups is 1. The molecule has 1 aromatic carbocycles. The minimum absolute atomic E-state index is 0.0192. The highest BCUT2D eigenvalue weighted by atomic mass is 16.5. The van der Waals surface area contributed by atoms with Gasteiger partial charge in [0.1, 0.15) is 11.4 Å². The van der Waals surface area contributed by atoms with Gasteiger partial charge in [0.15, 0.2) is 0 Å². The van der Waals surface area contributed by atoms with E-state index >= 15 is 0 Å². The lowest BCUT2D eigenvalue weighted by Gasteiger charge is -2.35. The smallest absolute Gasteiger partial charge is 0.317 e. The summed E-state index contributed by atoms with van der Waals surface area (Å²) < 4.78 is 5.39. The highest BCUT2D eigenvalue weighted by molar-refractivity contribution is 5.79. The van der Waals surface area contributed by atoms with E-state index in [2.05, 4.69) is 33.5 Å². The fourth-order valence-electron chi connectivity index (χ4n) is 4.38. The number of hydrogen-bond donors (Lipinski definition) is 2. The van der Waals surface area contributed by atoms with E-state index in [-0.39, 0.29) is 11.4 Å². The number of carbonyl (C=O) groups excluding carboxylic acids is 1. The van der Waals surface area contributed by atoms with Gasteiger partial charge in [0.2, 0.25) is 0 Å². The van der Waals surface area contributed by atoms with Gasteiger partial charge >= 0.3 is 6.03 Å². The van der Waals surface area contributed by atoms with Crippen molar-refractivity contribution in [1.29, 1.82) is 0 Å². The normalized spacial score (nSPS) is 16.8. The van der Waals surface area contributed by atoms with Crippen LogP contribution in [0, 0.1) is 0 Å². The molecule has 1 saturated carbocycles. The molecule has 1 aliphatic heterocycles. The quantitative estimate of drug-likeness (QED) is 0.733. The first-order valence-corrected chi connectivity index (χ1v) is 9.80. The highest BCUT2D eigenvalue weighted by Crippen LogP contribution is 2.53. The predicted molar refractivity (Wildman–Crippen MR) is 108 cm³/mol. The second-order valence-corrected chi connectivity index (χ2v) is 7.85. The van der Waals surface area contributed by atoms with Crippen LogP contribution in [0.4, 0.5) is 4.79 Å². The van der Waals surface area contributed by atoms with Crippen LogP contribution < -0.4 is 10.1 Å². The monoisotopic (exact) mass is 376 g/mol. The van der Waals surface area contributed by atoms with Crippen molar-refractivity contribution >= 4 is 17.1 Å². The maximum Gasteiger partial charge on any atom is 0.317 e. The van der Waals surface area contributed by atoms with E-state index in [1.54, 1.807) is 13.3 Å². The SMILES string of the molecule is COc1ccc2c(c1)C1(CC1)CN(C(=O)NCCc1c[nH]c3ncccc13)C2. The zero-order chi connectivity index (χ0) is 19.1. The van der Waals surface area contributed by atoms with Crippen LogP contribution >= 0.6 is 0 Å². The van der Waals surface area contributed by atoms with Crippen LogP contribution in [0.5, 0.6) is 5.75 Å². The molecule has 28 heavy (non-hydrogen) atoms. The van der Waals surface area contributed by atoms with Gasteiger partial charge in [0.05, 0.1) is 7.11 Å². The largest absolute Gasteiger partial charge is 0.497 e. The fraction of sp³-hybridized carbons (Fsp3) is 0.364. The summed E-state index contributed by atoms with van der Waals surface area (Å²) in [7, 11) is 1.70. The summed E-state index contributed by atoms with van der Waals surface area (Å²) >= 11 is 0. The Balaban J connectivity index is 1.25. The van der Waals surface area contributed by atoms with Crippen LogP contribution in [-0.2, 0) is 18.4 Å². The Labute approximate surface area is 163 Å². The molecular formula is C22H24N4O2. The van der Waals surface area contributed by atoms with E-state index in [1.807, 2.05) is 23.2 Å². The number of aromatic nitrogens is 2. The van der Waals surface area contributed by atoms with E-state index in [0.717, 1.165) is 42.6 Å². The number of nitrogens with one attached hydrogen (secondary N) is 2. The van der Waals surface area contributed by atoms with Crippen LogP contribution in [0.15, 0.2) is 42.7 Å². The third-order valence-electron chi connectivity index (χ3n) is 6.09. The molecule has 2 N–H and O–H groups in total. The van der Waals surface area contributed by atoms with Crippen molar-refractivity contribution in [2.24, 2.45) is 0 Å². The Kier molecular flexibility index (Phi) is 4.00. The second-order valence-electron chi connectivity index (χ2n) is 7.85. The molecule has 2 aliphatic rings. The summed E-state index contributed by atoms with van der Waals surface area (Å²) in [5, 5.41) is 4.22. The molecular weight excluding hydrogens is 352 g/mol. The third kappa shape index (κ3) is 2.89. The van der Waals surface area contributed by atoms with E-state index in [1.165, 1.54) is 16.7 Å². The van der Waals surface area contributed by atoms with E-state index in [9.17, 15) is 4.79 Å². The molecule has 2 aromatic heterocycles. The van der Waals surface area contributed by atoms with Crippen molar-refractivity contribution in [1.82, 2.24) is 20.2 Å². The summed E-state index contributed by atoms with van der Waals surface area (Å²) in [6.07, 6.45) is 6.82. The summed E-state index contributed by atoms with van der Waals surface area (Å²) in [5.41, 5.74) is 4.80. The first-order chi connectivity index (χ1) is 13.7. The molecule has 6 nitrogen and oxygen atoms in total. The number of nitrogens with zero attached hydrogens (tertiary/aromatic N) is 2. The molecule has 1 fully saturated rings. The molecule has 5 rings (SSSR count). The molecule has 0 radical (unpaired) electrons. The molecule has 144 valence electrons. The van der Waals surface area contributed by atoms with Gasteiger partial charge < -0.3 is 19.9 Å². The first kappa shape index (κ1) is 17.1. The van der Waals surface area contributed by atoms with Crippen molar-refractivity contribution in [2.75, 3.05) is 20.2 Å². The molecule has 3 aromatic rings. The average Bonchev–Trinajstić information content (AvgIpc) is 3.38. The molecule has 0 bridgehead atoms. The van der Waals surface area contributed by atoms with Crippen molar-refractivity contribution in [2.45, 2.75) is 31.2 Å². The van der Waals surface area contributed by atoms with Crippen molar-refractivity contribution in [3.8, 4) is 5.75 Å². The molecule has 3 heterocycles. The van der Waals surface area contributed by atoms with Gasteiger partial charge in [-0.1, -0.05) is 6.07 Å². The number of hydrogen-bond acceptors (Lipinski definition) is 3. The molecule has 6 heteroatoms. The molecule has 0 atom stereocenters. The lowest BCUT2D eigenvalue weighted by molar-refractivity contribution is 0.183. The van der Waals surface area contributed by atoms with Crippen LogP contribution in [0.1, 0.15) is 29.5 Å². The minimum atomic E-state index is 0.0192. The number of amides is 2. The van der Waals surface area contributed by atoms with Gasteiger partial charge in [-0.05, 0) is 60.2 Å². The van der Waals surface area contributed by atoms with Gasteiger partial charge in [-0.15, -0.1) is 0 Å². The fourth-order valence-corrected chi connectivity index (χ4v) is 4.38. The van der Waals surface area contributed by atoms with Gasteiger partial charge in [-0.25, -0.2) is 9.78 Å². The maximum absolute atomic E-state index is 12.8. The Bertz CT molecular complexity index is 1040. The first-order valence-electron chi connectivity index (χ1n) is 9.80. The van der Waals surface area contributed by atoms with Gasteiger partial charge in [0, 0.05) is 42.8 Å². The second kappa shape index (κ2) is 6.55. The Hall–Kier alpha value is -3.02. The molecule has 0 unspecified atom stereocenters. The standard InChI is InChI=1S/C22H24N4O2/c1-28-17-5-4-16-13-26(14-22(7-8-22)19(16)11-17)21(27)24-10-6-15-12-25-20-18(15)3-2-9-23-20/h2-5,9,11-12H,6-8,10,13-14H2,1H3,(H,23,25)(H,24,27). The summed E-state index contributed by atoms with van der Waals surface area (Å²) in [6, 6.07) is 10.3. The lowest BCUT2D eigenvalue weighted by Crippen LogP contribution is -2.46. The average molecular weight is 376 g/mol. The van der Waals surface area contributed by atoms with Crippen LogP contribution in [-0.4, -0.2) is 41.1 Å². The number of urea groups is 1. The Morgan fingerprint density at radius 2 is 2.25 bits per heavy atom. The summed E-state index contributed by atoms with van der Waals surface area (Å²) in [5.74, 6) is 0.899. The number of pyridine rings is 1. The van der Waals surface area contributed by atoms with Crippen LogP contribution in [0.2, 0.25) is 0 Å². The summed E-state index contributed by atoms with van der Waals surface area (Å²) in [6.45, 7) is 2.06. The van der Waals surface area contributed by atoms with Gasteiger partial charge in [0.25, 0.3) is 0 Å². The molecule has 2 amide bonds. The number of fused-ring (bicyclic) bond motifs is 3. The zero-order valence-electron chi connectivity index (χ0n) is 16.0. The number of benzene rings is 1. The number of aromatic amines is 1. The van der Waals surface area contributed by atoms with Gasteiger partial charge in [-0.3, -0.25) is 0 Å². The molecule has 0 saturated heterocycles. The maximum atomic E-state index is 12.8. The topological polar surface area (TPSA) is 70.2 Å². The molecule has 1 spiro atoms. The zero-order valence-corrected chi connectivity index (χ0v) is 16.0. The van der Waals surface area contributed by atoms with Crippen LogP contribution in [0.3, 0.4) is 0 Å². The number of ether oxygens (including phenoxy) is 1. The van der Waals surface area contributed by atoms with Crippen LogP contribution in [0.25, 0.3) is 11.0 Å². The van der Waals surface area contributed by atoms with Crippen molar-refractivity contribution in [3.63, 3.8) is 0 Å². The Morgan fingerprint density at radius 1 is 1.36 bits per heavy atom. The van der Waals surface area contributed by atoms with Gasteiger partial charge in [-0.2, -0.15) is 0 Å². The Morgan fingerprint density at radius 3 is 3.07 bits per heavy atom. The third-order valence-corrected chi connectivity index (χ3v) is 6.09. The minimum Gasteiger partial charge on any atom is -0.497 e. The van der Waals surface area contributed by atoms with E-state index < -0.39 is 0 Å². The van der Waals surface area contributed by atoms with Crippen molar-refractivity contribution in [3.05, 3.63) is 59.4 Å². The summed E-state index contributed by atoms with van der Waals surface area (Å²) in [4.78, 5) is 22.3. The van der Waals surface area contributed by atoms with E-state index in [4.69, 9.17) is 4.74 Å². The highest BCUT2D eigenvalue weighted by Gasteiger charge is 2.50. The predicted octanol–water partition coefficient (Wildman–Crippen LogP) is 3.37.